The molecule has 0 spiro atoms. The Morgan fingerprint density at radius 3 is 2.45 bits per heavy atom. The highest BCUT2D eigenvalue weighted by atomic mass is 35.5. The van der Waals surface area contributed by atoms with Gasteiger partial charge in [0.1, 0.15) is 17.4 Å². The highest BCUT2D eigenvalue weighted by molar-refractivity contribution is 6.33. The van der Waals surface area contributed by atoms with Crippen molar-refractivity contribution in [2.24, 2.45) is 0 Å². The molecule has 0 saturated heterocycles. The van der Waals surface area contributed by atoms with Crippen LogP contribution in [-0.2, 0) is 13.2 Å². The number of ether oxygens (including phenoxy) is 1. The molecule has 0 bridgehead atoms. The molecular formula is C24H19Cl2N3O2. The van der Waals surface area contributed by atoms with E-state index in [9.17, 15) is 4.79 Å². The number of carbonyl (C=O) groups excluding carboxylic acids is 1. The van der Waals surface area contributed by atoms with Gasteiger partial charge in [0.15, 0.2) is 5.82 Å². The Morgan fingerprint density at radius 1 is 0.935 bits per heavy atom. The number of hydrogen-bond acceptors (Lipinski definition) is 3. The molecule has 1 aromatic heterocycles. The summed E-state index contributed by atoms with van der Waals surface area (Å²) >= 11 is 12.2. The van der Waals surface area contributed by atoms with Gasteiger partial charge in [0.05, 0.1) is 6.54 Å². The minimum atomic E-state index is -0.283. The van der Waals surface area contributed by atoms with Crippen molar-refractivity contribution in [3.05, 3.63) is 112 Å². The second-order valence-corrected chi connectivity index (χ2v) is 7.75. The van der Waals surface area contributed by atoms with E-state index in [1.165, 1.54) is 0 Å². The zero-order chi connectivity index (χ0) is 21.6. The summed E-state index contributed by atoms with van der Waals surface area (Å²) in [5.41, 5.74) is 2.53. The van der Waals surface area contributed by atoms with Gasteiger partial charge in [0.25, 0.3) is 5.91 Å². The van der Waals surface area contributed by atoms with Crippen molar-refractivity contribution in [3.8, 4) is 5.75 Å². The van der Waals surface area contributed by atoms with Gasteiger partial charge in [-0.2, -0.15) is 5.10 Å². The molecule has 1 amide bonds. The fourth-order valence-electron chi connectivity index (χ4n) is 2.99. The molecule has 1 heterocycles. The molecule has 0 atom stereocenters. The van der Waals surface area contributed by atoms with Crippen LogP contribution in [0.1, 0.15) is 21.5 Å². The molecule has 4 rings (SSSR count). The molecule has 0 saturated carbocycles. The van der Waals surface area contributed by atoms with E-state index in [2.05, 4.69) is 10.4 Å². The predicted octanol–water partition coefficient (Wildman–Crippen LogP) is 6.07. The molecule has 0 aliphatic rings. The Kier molecular flexibility index (Phi) is 6.55. The van der Waals surface area contributed by atoms with E-state index >= 15 is 0 Å². The lowest BCUT2D eigenvalue weighted by Gasteiger charge is -2.08. The average Bonchev–Trinajstić information content (AvgIpc) is 3.11. The summed E-state index contributed by atoms with van der Waals surface area (Å²) in [6.07, 6.45) is 1.69. The Bertz CT molecular complexity index is 1180. The fourth-order valence-corrected chi connectivity index (χ4v) is 3.37. The molecule has 156 valence electrons. The lowest BCUT2D eigenvalue weighted by atomic mass is 10.1. The van der Waals surface area contributed by atoms with Crippen molar-refractivity contribution < 1.29 is 9.53 Å². The standard InChI is InChI=1S/C24H19Cl2N3O2/c25-20-7-4-8-21(13-20)31-16-18-9-11-19(12-10-18)24(30)27-23-22(26)15-29(28-23)14-17-5-2-1-3-6-17/h1-13,15H,14,16H2,(H,27,28,30). The molecule has 7 heteroatoms. The van der Waals surface area contributed by atoms with Gasteiger partial charge in [-0.3, -0.25) is 9.48 Å². The molecule has 0 radical (unpaired) electrons. The van der Waals surface area contributed by atoms with Crippen LogP contribution in [0.3, 0.4) is 0 Å². The third-order valence-corrected chi connectivity index (χ3v) is 5.07. The van der Waals surface area contributed by atoms with Crippen LogP contribution < -0.4 is 10.1 Å². The highest BCUT2D eigenvalue weighted by Gasteiger charge is 2.13. The van der Waals surface area contributed by atoms with Gasteiger partial charge >= 0.3 is 0 Å². The van der Waals surface area contributed by atoms with Gasteiger partial charge in [-0.1, -0.05) is 71.7 Å². The summed E-state index contributed by atoms with van der Waals surface area (Å²) in [6.45, 7) is 0.940. The van der Waals surface area contributed by atoms with Gasteiger partial charge in [-0.05, 0) is 41.5 Å². The number of carbonyl (C=O) groups is 1. The molecule has 0 aliphatic carbocycles. The average molecular weight is 452 g/mol. The summed E-state index contributed by atoms with van der Waals surface area (Å²) in [5.74, 6) is 0.736. The quantitative estimate of drug-likeness (QED) is 0.370. The first kappa shape index (κ1) is 21.0. The predicted molar refractivity (Wildman–Crippen MR) is 123 cm³/mol. The number of halogens is 2. The lowest BCUT2D eigenvalue weighted by Crippen LogP contribution is -2.13. The zero-order valence-electron chi connectivity index (χ0n) is 16.5. The number of amides is 1. The largest absolute Gasteiger partial charge is 0.489 e. The Morgan fingerprint density at radius 2 is 1.71 bits per heavy atom. The van der Waals surface area contributed by atoms with Crippen molar-refractivity contribution in [1.82, 2.24) is 9.78 Å². The normalized spacial score (nSPS) is 10.6. The van der Waals surface area contributed by atoms with Gasteiger partial charge in [-0.25, -0.2) is 0 Å². The van der Waals surface area contributed by atoms with E-state index in [4.69, 9.17) is 27.9 Å². The number of nitrogens with one attached hydrogen (secondary N) is 1. The zero-order valence-corrected chi connectivity index (χ0v) is 18.0. The molecule has 3 aromatic carbocycles. The van der Waals surface area contributed by atoms with Crippen LogP contribution in [0.25, 0.3) is 0 Å². The first-order valence-electron chi connectivity index (χ1n) is 9.62. The SMILES string of the molecule is O=C(Nc1nn(Cc2ccccc2)cc1Cl)c1ccc(COc2cccc(Cl)c2)cc1. The van der Waals surface area contributed by atoms with Crippen LogP contribution in [0, 0.1) is 0 Å². The second kappa shape index (κ2) is 9.69. The number of anilines is 1. The van der Waals surface area contributed by atoms with Gasteiger partial charge in [0, 0.05) is 16.8 Å². The third kappa shape index (κ3) is 5.66. The molecule has 0 unspecified atom stereocenters. The van der Waals surface area contributed by atoms with Crippen LogP contribution in [-0.4, -0.2) is 15.7 Å². The van der Waals surface area contributed by atoms with Crippen molar-refractivity contribution >= 4 is 34.9 Å². The summed E-state index contributed by atoms with van der Waals surface area (Å²) in [6, 6.07) is 24.3. The van der Waals surface area contributed by atoms with Crippen LogP contribution in [0.5, 0.6) is 5.75 Å². The van der Waals surface area contributed by atoms with Crippen molar-refractivity contribution in [2.75, 3.05) is 5.32 Å². The minimum Gasteiger partial charge on any atom is -0.489 e. The summed E-state index contributed by atoms with van der Waals surface area (Å²) in [4.78, 5) is 12.6. The molecule has 5 nitrogen and oxygen atoms in total. The number of rotatable bonds is 7. The summed E-state index contributed by atoms with van der Waals surface area (Å²) in [7, 11) is 0. The monoisotopic (exact) mass is 451 g/mol. The van der Waals surface area contributed by atoms with Crippen LogP contribution >= 0.6 is 23.2 Å². The minimum absolute atomic E-state index is 0.283. The van der Waals surface area contributed by atoms with Gasteiger partial charge in [0.2, 0.25) is 0 Å². The molecule has 0 aliphatic heterocycles. The van der Waals surface area contributed by atoms with Crippen LogP contribution in [0.15, 0.2) is 85.1 Å². The third-order valence-electron chi connectivity index (χ3n) is 4.55. The molecule has 31 heavy (non-hydrogen) atoms. The Balaban J connectivity index is 1.36. The Labute approximate surface area is 190 Å². The van der Waals surface area contributed by atoms with E-state index in [0.29, 0.717) is 40.3 Å². The molecule has 1 N–H and O–H groups in total. The van der Waals surface area contributed by atoms with E-state index in [0.717, 1.165) is 11.1 Å². The summed E-state index contributed by atoms with van der Waals surface area (Å²) in [5, 5.41) is 8.15. The lowest BCUT2D eigenvalue weighted by molar-refractivity contribution is 0.102. The fraction of sp³-hybridized carbons (Fsp3) is 0.0833. The van der Waals surface area contributed by atoms with E-state index in [-0.39, 0.29) is 5.91 Å². The van der Waals surface area contributed by atoms with E-state index in [1.54, 1.807) is 35.1 Å². The Hall–Kier alpha value is -3.28. The maximum absolute atomic E-state index is 12.6. The number of hydrogen-bond donors (Lipinski definition) is 1. The van der Waals surface area contributed by atoms with Crippen LogP contribution in [0.4, 0.5) is 5.82 Å². The van der Waals surface area contributed by atoms with Crippen molar-refractivity contribution in [3.63, 3.8) is 0 Å². The van der Waals surface area contributed by atoms with Gasteiger partial charge < -0.3 is 10.1 Å². The molecule has 0 fully saturated rings. The number of aromatic nitrogens is 2. The first-order chi connectivity index (χ1) is 15.1. The van der Waals surface area contributed by atoms with Gasteiger partial charge in [-0.15, -0.1) is 0 Å². The molecular weight excluding hydrogens is 433 g/mol. The molecule has 4 aromatic rings. The smallest absolute Gasteiger partial charge is 0.256 e. The number of benzene rings is 3. The maximum Gasteiger partial charge on any atom is 0.256 e. The second-order valence-electron chi connectivity index (χ2n) is 6.91. The maximum atomic E-state index is 12.6. The first-order valence-corrected chi connectivity index (χ1v) is 10.4. The van der Waals surface area contributed by atoms with E-state index in [1.807, 2.05) is 54.6 Å². The topological polar surface area (TPSA) is 56.2 Å². The van der Waals surface area contributed by atoms with Crippen molar-refractivity contribution in [1.29, 1.82) is 0 Å². The number of nitrogens with zero attached hydrogens (tertiary/aromatic N) is 2. The van der Waals surface area contributed by atoms with E-state index < -0.39 is 0 Å². The van der Waals surface area contributed by atoms with Crippen LogP contribution in [0.2, 0.25) is 10.0 Å². The van der Waals surface area contributed by atoms with Crippen molar-refractivity contribution in [2.45, 2.75) is 13.2 Å². The highest BCUT2D eigenvalue weighted by Crippen LogP contribution is 2.21. The summed E-state index contributed by atoms with van der Waals surface area (Å²) < 4.78 is 7.42.